The van der Waals surface area contributed by atoms with Gasteiger partial charge in [0.15, 0.2) is 0 Å². The second-order valence-electron chi connectivity index (χ2n) is 30.8. The summed E-state index contributed by atoms with van der Waals surface area (Å²) in [6, 6.07) is -0.956. The summed E-state index contributed by atoms with van der Waals surface area (Å²) in [5.74, 6) is -24.6. The number of nitrogens with one attached hydrogen (secondary N) is 8. The molecule has 0 aliphatic carbocycles. The number of aromatic nitrogens is 2. The number of rotatable bonds is 54. The highest BCUT2D eigenvalue weighted by Crippen LogP contribution is 2.51. The Morgan fingerprint density at radius 2 is 0.992 bits per heavy atom. The first-order valence-corrected chi connectivity index (χ1v) is 43.1. The Morgan fingerprint density at radius 3 is 1.48 bits per heavy atom. The second kappa shape index (κ2) is 47.1. The molecule has 0 bridgehead atoms. The fraction of sp³-hybridized carbons (Fsp3) is 0.429. The van der Waals surface area contributed by atoms with E-state index in [2.05, 4.69) is 32.5 Å². The van der Waals surface area contributed by atoms with E-state index in [0.717, 1.165) is 5.56 Å². The Labute approximate surface area is 733 Å². The molecule has 0 fully saturated rings. The molecule has 5 aromatic rings. The zero-order valence-corrected chi connectivity index (χ0v) is 72.0. The summed E-state index contributed by atoms with van der Waals surface area (Å²) < 4.78 is 74.6. The van der Waals surface area contributed by atoms with Crippen LogP contribution in [0.3, 0.4) is 0 Å². The Morgan fingerprint density at radius 1 is 0.523 bits per heavy atom. The molecule has 2 aromatic heterocycles. The normalized spacial score (nSPS) is 15.2. The molecule has 0 saturated carbocycles. The van der Waals surface area contributed by atoms with Crippen molar-refractivity contribution in [2.75, 3.05) is 24.6 Å². The van der Waals surface area contributed by atoms with Gasteiger partial charge in [0.1, 0.15) is 42.3 Å². The van der Waals surface area contributed by atoms with Gasteiger partial charge in [-0.3, -0.25) is 81.2 Å². The molecule has 18 N–H and O–H groups in total. The minimum Gasteiger partial charge on any atom is -0.481 e. The van der Waals surface area contributed by atoms with Crippen LogP contribution in [0.1, 0.15) is 177 Å². The lowest BCUT2D eigenvalue weighted by atomic mass is 9.76. The van der Waals surface area contributed by atoms with Gasteiger partial charge in [0, 0.05) is 76.7 Å². The van der Waals surface area contributed by atoms with E-state index in [1.54, 1.807) is 73.2 Å². The minimum absolute atomic E-state index is 0.0351. The van der Waals surface area contributed by atoms with E-state index in [0.29, 0.717) is 88.4 Å². The summed E-state index contributed by atoms with van der Waals surface area (Å²) in [6.07, 6.45) is 6.73. The monoisotopic (exact) mass is 1830 g/mol. The summed E-state index contributed by atoms with van der Waals surface area (Å²) in [7, 11) is -9.18. The molecule has 8 atom stereocenters. The van der Waals surface area contributed by atoms with Gasteiger partial charge in [-0.1, -0.05) is 82.5 Å². The number of fused-ring (bicyclic) bond motifs is 4. The fourth-order valence-corrected chi connectivity index (χ4v) is 15.2. The van der Waals surface area contributed by atoms with E-state index in [1.807, 2.05) is 59.9 Å². The van der Waals surface area contributed by atoms with E-state index in [4.69, 9.17) is 4.74 Å². The number of benzene rings is 3. The molecule has 1 aliphatic heterocycles. The van der Waals surface area contributed by atoms with Crippen molar-refractivity contribution in [3.8, 4) is 5.88 Å². The first kappa shape index (κ1) is 103. The summed E-state index contributed by atoms with van der Waals surface area (Å²) in [5, 5.41) is 96.5. The van der Waals surface area contributed by atoms with Crippen LogP contribution in [-0.2, 0) is 103 Å². The van der Waals surface area contributed by atoms with Crippen molar-refractivity contribution in [3.63, 3.8) is 0 Å². The van der Waals surface area contributed by atoms with Crippen molar-refractivity contribution in [2.24, 2.45) is 0 Å². The number of ether oxygens (including phenoxy) is 1. The molecule has 128 heavy (non-hydrogen) atoms. The molecule has 42 nitrogen and oxygen atoms in total. The van der Waals surface area contributed by atoms with Gasteiger partial charge in [0.2, 0.25) is 53.1 Å². The summed E-state index contributed by atoms with van der Waals surface area (Å²) >= 11 is 0. The number of hydrogen-bond acceptors (Lipinski definition) is 24. The van der Waals surface area contributed by atoms with Crippen molar-refractivity contribution in [2.45, 2.75) is 220 Å². The number of carbonyl (C=O) groups excluding carboxylic acids is 8. The van der Waals surface area contributed by atoms with Gasteiger partial charge < -0.3 is 93.0 Å². The number of aliphatic carboxylic acids is 7. The number of amides is 8. The molecule has 3 heterocycles. The smallest absolute Gasteiger partial charge is 0.335 e. The lowest BCUT2D eigenvalue weighted by Crippen LogP contribution is -2.61. The number of aromatic carboxylic acids is 1. The summed E-state index contributed by atoms with van der Waals surface area (Å²) in [6.45, 7) is 14.0. The SMILES string of the molecule is C=C(/C=C/C=C/C=C1/N(CC)c2ccc(S(=O)(=O)O)cc2C1(C)CCCC(=O)NCCCC[C@H](NC(=O)[C@H](CC(=O)O)NC(=O)[C@H](CC(=O)O)NC(=O)[C@H](CC(=O)O)NC(=O)[C@H](CC(=O)O)NC(=O)[C@H](CC(=O)O)NC(=O)[C@H](CC(=O)O)NC(=O)CCCCCCCCOc1nc2cc(C(=O)O)ccc2c2cnccc12)C(=O)O)C(C)(C)c1cc(S(=O)(=O)O)ccc1C. The number of unbranched alkanes of at least 4 members (excludes halogenated alkanes) is 6. The van der Waals surface area contributed by atoms with Crippen LogP contribution in [0.5, 0.6) is 5.88 Å². The number of likely N-dealkylation sites (N-methyl/N-ethyl adjacent to an activating group) is 1. The third kappa shape index (κ3) is 30.6. The molecular formula is C84H103N11O31S2. The lowest BCUT2D eigenvalue weighted by Gasteiger charge is -2.30. The molecule has 44 heteroatoms. The molecule has 3 aromatic carbocycles. The quantitative estimate of drug-likeness (QED) is 0.0110. The van der Waals surface area contributed by atoms with E-state index in [9.17, 15) is 144 Å². The molecular weight excluding hydrogens is 1720 g/mol. The Hall–Kier alpha value is -13.6. The Balaban J connectivity index is 1.01. The maximum absolute atomic E-state index is 13.9. The summed E-state index contributed by atoms with van der Waals surface area (Å²) in [5.41, 5.74) is 2.48. The van der Waals surface area contributed by atoms with Crippen molar-refractivity contribution in [1.29, 1.82) is 0 Å². The zero-order valence-electron chi connectivity index (χ0n) is 70.3. The number of allylic oxidation sites excluding steroid dienone is 7. The highest BCUT2D eigenvalue weighted by Gasteiger charge is 2.44. The molecule has 0 radical (unpaired) electrons. The maximum Gasteiger partial charge on any atom is 0.335 e. The largest absolute Gasteiger partial charge is 0.481 e. The number of pyridine rings is 2. The van der Waals surface area contributed by atoms with Crippen molar-refractivity contribution >= 4 is 143 Å². The van der Waals surface area contributed by atoms with Gasteiger partial charge in [0.05, 0.1) is 66.0 Å². The minimum atomic E-state index is -4.68. The molecule has 692 valence electrons. The number of anilines is 1. The van der Waals surface area contributed by atoms with E-state index in [1.165, 1.54) is 36.4 Å². The average Bonchev–Trinajstić information content (AvgIpc) is 1.58. The Kier molecular flexibility index (Phi) is 38.0. The maximum atomic E-state index is 13.9. The molecule has 1 aliphatic rings. The van der Waals surface area contributed by atoms with Crippen LogP contribution < -0.4 is 52.2 Å². The van der Waals surface area contributed by atoms with Crippen LogP contribution in [0.4, 0.5) is 5.69 Å². The van der Waals surface area contributed by atoms with Gasteiger partial charge in [-0.2, -0.15) is 16.8 Å². The predicted octanol–water partition coefficient (Wildman–Crippen LogP) is 4.50. The summed E-state index contributed by atoms with van der Waals surface area (Å²) in [4.78, 5) is 216. The number of carbonyl (C=O) groups is 16. The fourth-order valence-electron chi connectivity index (χ4n) is 14.2. The average molecular weight is 1830 g/mol. The van der Waals surface area contributed by atoms with Gasteiger partial charge in [-0.05, 0) is 143 Å². The highest BCUT2D eigenvalue weighted by atomic mass is 32.2. The third-order valence-corrected chi connectivity index (χ3v) is 22.7. The first-order valence-electron chi connectivity index (χ1n) is 40.2. The van der Waals surface area contributed by atoms with Crippen LogP contribution in [0.15, 0.2) is 131 Å². The van der Waals surface area contributed by atoms with E-state index >= 15 is 0 Å². The van der Waals surface area contributed by atoms with Gasteiger partial charge in [-0.25, -0.2) is 14.6 Å². The number of aryl methyl sites for hydroxylation is 1. The van der Waals surface area contributed by atoms with Crippen LogP contribution in [-0.4, -0.2) is 234 Å². The van der Waals surface area contributed by atoms with Crippen LogP contribution in [0, 0.1) is 6.92 Å². The molecule has 0 spiro atoms. The van der Waals surface area contributed by atoms with Gasteiger partial charge >= 0.3 is 47.8 Å². The van der Waals surface area contributed by atoms with E-state index < -0.39 is 207 Å². The van der Waals surface area contributed by atoms with Crippen molar-refractivity contribution in [3.05, 3.63) is 144 Å². The second-order valence-corrected chi connectivity index (χ2v) is 33.7. The highest BCUT2D eigenvalue weighted by molar-refractivity contribution is 7.86. The lowest BCUT2D eigenvalue weighted by molar-refractivity contribution is -0.145. The van der Waals surface area contributed by atoms with Gasteiger partial charge in [-0.15, -0.1) is 0 Å². The topological polar surface area (TPSA) is 678 Å². The van der Waals surface area contributed by atoms with Crippen LogP contribution >= 0.6 is 0 Å². The zero-order chi connectivity index (χ0) is 95.3. The molecule has 6 rings (SSSR count). The van der Waals surface area contributed by atoms with E-state index in [-0.39, 0.29) is 85.8 Å². The van der Waals surface area contributed by atoms with Crippen LogP contribution in [0.2, 0.25) is 0 Å². The number of nitrogens with zero attached hydrogens (tertiary/aromatic N) is 3. The first-order chi connectivity index (χ1) is 60.0. The Bertz CT molecular complexity index is 5420. The number of carboxylic acids is 8. The van der Waals surface area contributed by atoms with Gasteiger partial charge in [0.25, 0.3) is 20.2 Å². The number of carboxylic acid groups (broad SMARTS) is 8. The standard InChI is InChI=1S/C84H103N11O31S2/c1-7-95-64-30-28-50(128(123,124)125)38-55(64)84(6,65(95)22-14-12-13-20-47(3)83(4,5)54-37-49(127(120,121)122)27-25-46(54)2)32-19-24-66(96)86-33-17-16-21-56(82(118)119)88-75(111)59(40-69(100)101)90-77(113)61(42-71(104)105)92-79(115)63(44-73(108)109)93-78(114)62(43-72(106)107)91-76(112)60(41-70(102)103)89-74(110)58(39-68(98)99)87-67(97)23-15-10-8-9-11-18-35-126-80-52-31-34-85-45-53(52)51-29-26-48(81(116)117)36-57(51)94-80/h12-14,20,22,25-31,34,36-38,45,56,58-63H,3,7-11,15-19,21,23-24,32-33,35,39-44H2,1-2,4-6H3,(H,86,96)(H,87,97)(H,88,111)(H,89,110)(H,90,113)(H,91,112)(H,92,115)(H,93,114)(H,98,99)(H,100,101)(H,102,103)(H,104,105)(H,106,107)(H,108,109)(H,116,117)(H,118,119)(H,120,121,122)(H,123,124,125)/b14-12+,20-13+,65-22+/t56-,58-,59-,60-,61-,62-,63-,84?/m0/s1. The molecule has 8 amide bonds. The van der Waals surface area contributed by atoms with Crippen molar-refractivity contribution in [1.82, 2.24) is 52.5 Å². The number of hydrogen-bond donors (Lipinski definition) is 18. The predicted molar refractivity (Wildman–Crippen MR) is 453 cm³/mol. The molecule has 0 saturated heterocycles. The van der Waals surface area contributed by atoms with Crippen molar-refractivity contribution < 1.29 is 148 Å². The third-order valence-electron chi connectivity index (χ3n) is 21.0. The molecule has 1 unspecified atom stereocenters. The van der Waals surface area contributed by atoms with Crippen LogP contribution in [0.25, 0.3) is 21.7 Å².